The van der Waals surface area contributed by atoms with Gasteiger partial charge in [-0.15, -0.1) is 10.2 Å². The monoisotopic (exact) mass is 458 g/mol. The smallest absolute Gasteiger partial charge is 0.268 e. The maximum atomic E-state index is 13.8. The minimum Gasteiger partial charge on any atom is -0.417 e. The first-order chi connectivity index (χ1) is 16.4. The number of carbonyl (C=O) groups is 3. The summed E-state index contributed by atoms with van der Waals surface area (Å²) in [5.41, 5.74) is 2.29. The number of hydrogen-bond donors (Lipinski definition) is 0. The predicted octanol–water partition coefficient (Wildman–Crippen LogP) is 2.44. The summed E-state index contributed by atoms with van der Waals surface area (Å²) >= 11 is 0. The highest BCUT2D eigenvalue weighted by molar-refractivity contribution is 6.21. The van der Waals surface area contributed by atoms with Crippen LogP contribution >= 0.6 is 0 Å². The Hall–Kier alpha value is -4.67. The van der Waals surface area contributed by atoms with Crippen LogP contribution in [0.15, 0.2) is 53.2 Å². The van der Waals surface area contributed by atoms with Gasteiger partial charge in [0.2, 0.25) is 5.89 Å². The number of nitrogens with zero attached hydrogens (tertiary/aromatic N) is 6. The van der Waals surface area contributed by atoms with E-state index in [-0.39, 0.29) is 36.3 Å². The van der Waals surface area contributed by atoms with Crippen LogP contribution in [-0.4, -0.2) is 54.3 Å². The number of rotatable bonds is 3. The van der Waals surface area contributed by atoms with Crippen molar-refractivity contribution >= 4 is 17.7 Å². The quantitative estimate of drug-likeness (QED) is 0.433. The number of imide groups is 1. The molecule has 2 aromatic carbocycles. The van der Waals surface area contributed by atoms with E-state index in [2.05, 4.69) is 15.2 Å². The zero-order valence-electron chi connectivity index (χ0n) is 17.7. The molecule has 0 atom stereocenters. The van der Waals surface area contributed by atoms with Crippen LogP contribution in [0.25, 0.3) is 17.3 Å². The highest BCUT2D eigenvalue weighted by Crippen LogP contribution is 2.31. The topological polar surface area (TPSA) is 114 Å². The molecule has 0 unspecified atom stereocenters. The Morgan fingerprint density at radius 1 is 0.971 bits per heavy atom. The Bertz CT molecular complexity index is 1490. The van der Waals surface area contributed by atoms with E-state index in [0.29, 0.717) is 28.2 Å². The molecule has 0 saturated heterocycles. The summed E-state index contributed by atoms with van der Waals surface area (Å²) in [6, 6.07) is 10.5. The molecular formula is C23H15FN6O4. The average molecular weight is 458 g/mol. The van der Waals surface area contributed by atoms with Gasteiger partial charge >= 0.3 is 0 Å². The third kappa shape index (κ3) is 2.86. The molecule has 0 bridgehead atoms. The number of halogens is 1. The fourth-order valence-electron chi connectivity index (χ4n) is 4.23. The molecule has 0 saturated carbocycles. The van der Waals surface area contributed by atoms with E-state index >= 15 is 0 Å². The van der Waals surface area contributed by atoms with Crippen molar-refractivity contribution in [2.24, 2.45) is 0 Å². The van der Waals surface area contributed by atoms with Gasteiger partial charge in [0.05, 0.1) is 34.6 Å². The van der Waals surface area contributed by atoms with Crippen molar-refractivity contribution in [1.82, 2.24) is 29.5 Å². The van der Waals surface area contributed by atoms with Gasteiger partial charge in [0, 0.05) is 7.05 Å². The summed E-state index contributed by atoms with van der Waals surface area (Å²) < 4.78 is 21.2. The second-order valence-corrected chi connectivity index (χ2v) is 7.98. The molecule has 0 aliphatic carbocycles. The molecule has 4 heterocycles. The van der Waals surface area contributed by atoms with E-state index < -0.39 is 17.6 Å². The fourth-order valence-corrected chi connectivity index (χ4v) is 4.23. The zero-order valence-corrected chi connectivity index (χ0v) is 17.7. The van der Waals surface area contributed by atoms with Gasteiger partial charge in [-0.05, 0) is 30.3 Å². The average Bonchev–Trinajstić information content (AvgIpc) is 3.51. The second-order valence-electron chi connectivity index (χ2n) is 7.98. The lowest BCUT2D eigenvalue weighted by Gasteiger charge is -2.14. The molecule has 3 amide bonds. The molecule has 168 valence electrons. The number of amides is 3. The lowest BCUT2D eigenvalue weighted by Crippen LogP contribution is -2.29. The molecule has 2 aliphatic rings. The van der Waals surface area contributed by atoms with E-state index in [4.69, 9.17) is 4.42 Å². The molecule has 2 aliphatic heterocycles. The Morgan fingerprint density at radius 3 is 2.44 bits per heavy atom. The second kappa shape index (κ2) is 7.17. The SMILES string of the molecule is CN1Cc2c(-c3nnc(CN4C(=O)c5ccccc5C4=O)o3)ncn2-c2ccc(F)cc2C1=O. The van der Waals surface area contributed by atoms with Crippen molar-refractivity contribution in [1.29, 1.82) is 0 Å². The molecule has 0 N–H and O–H groups in total. The van der Waals surface area contributed by atoms with Crippen LogP contribution in [0.2, 0.25) is 0 Å². The minimum absolute atomic E-state index is 0.0618. The van der Waals surface area contributed by atoms with Crippen LogP contribution in [0, 0.1) is 5.82 Å². The number of hydrogen-bond acceptors (Lipinski definition) is 7. The van der Waals surface area contributed by atoms with Gasteiger partial charge in [-0.3, -0.25) is 23.9 Å². The van der Waals surface area contributed by atoms with Gasteiger partial charge in [-0.25, -0.2) is 9.37 Å². The van der Waals surface area contributed by atoms with Gasteiger partial charge in [-0.1, -0.05) is 12.1 Å². The van der Waals surface area contributed by atoms with Crippen molar-refractivity contribution in [3.63, 3.8) is 0 Å². The van der Waals surface area contributed by atoms with Crippen LogP contribution in [0.1, 0.15) is 42.7 Å². The summed E-state index contributed by atoms with van der Waals surface area (Å²) in [6.45, 7) is -0.0174. The molecule has 6 rings (SSSR count). The largest absolute Gasteiger partial charge is 0.417 e. The van der Waals surface area contributed by atoms with Crippen molar-refractivity contribution in [3.8, 4) is 17.3 Å². The van der Waals surface area contributed by atoms with Crippen molar-refractivity contribution in [2.75, 3.05) is 7.05 Å². The molecule has 0 spiro atoms. The van der Waals surface area contributed by atoms with E-state index in [1.54, 1.807) is 35.9 Å². The molecule has 0 fully saturated rings. The summed E-state index contributed by atoms with van der Waals surface area (Å²) in [7, 11) is 1.60. The first-order valence-electron chi connectivity index (χ1n) is 10.3. The van der Waals surface area contributed by atoms with Crippen LogP contribution in [0.3, 0.4) is 0 Å². The van der Waals surface area contributed by atoms with Gasteiger partial charge in [0.1, 0.15) is 18.7 Å². The predicted molar refractivity (Wildman–Crippen MR) is 113 cm³/mol. The standard InChI is InChI=1S/C23H15FN6O4/c1-28-9-17-19(25-11-30(17)16-7-6-12(24)8-15(16)21(28)31)20-27-26-18(34-20)10-29-22(32)13-4-2-3-5-14(13)23(29)33/h2-8,11H,9-10H2,1H3. The Morgan fingerprint density at radius 2 is 1.71 bits per heavy atom. The van der Waals surface area contributed by atoms with Crippen LogP contribution in [0.5, 0.6) is 0 Å². The number of benzene rings is 2. The summed E-state index contributed by atoms with van der Waals surface area (Å²) in [5.74, 6) is -1.57. The van der Waals surface area contributed by atoms with Gasteiger partial charge in [-0.2, -0.15) is 0 Å². The van der Waals surface area contributed by atoms with Gasteiger partial charge in [0.15, 0.2) is 5.69 Å². The summed E-state index contributed by atoms with van der Waals surface area (Å²) in [5, 5.41) is 8.04. The number of carbonyl (C=O) groups excluding carboxylic acids is 3. The summed E-state index contributed by atoms with van der Waals surface area (Å²) in [4.78, 5) is 44.9. The van der Waals surface area contributed by atoms with Crippen LogP contribution in [-0.2, 0) is 13.1 Å². The van der Waals surface area contributed by atoms with E-state index in [9.17, 15) is 18.8 Å². The number of aromatic nitrogens is 4. The normalized spacial score (nSPS) is 14.8. The highest BCUT2D eigenvalue weighted by atomic mass is 19.1. The minimum atomic E-state index is -0.515. The molecule has 0 radical (unpaired) electrons. The van der Waals surface area contributed by atoms with Crippen LogP contribution in [0.4, 0.5) is 4.39 Å². The lowest BCUT2D eigenvalue weighted by molar-refractivity contribution is 0.0628. The van der Waals surface area contributed by atoms with E-state index in [1.165, 1.54) is 29.4 Å². The maximum Gasteiger partial charge on any atom is 0.268 e. The maximum absolute atomic E-state index is 13.8. The third-order valence-electron chi connectivity index (χ3n) is 5.89. The van der Waals surface area contributed by atoms with Crippen molar-refractivity contribution < 1.29 is 23.2 Å². The van der Waals surface area contributed by atoms with Crippen LogP contribution < -0.4 is 0 Å². The fraction of sp³-hybridized carbons (Fsp3) is 0.130. The first-order valence-corrected chi connectivity index (χ1v) is 10.3. The molecule has 34 heavy (non-hydrogen) atoms. The highest BCUT2D eigenvalue weighted by Gasteiger charge is 2.36. The van der Waals surface area contributed by atoms with E-state index in [0.717, 1.165) is 4.90 Å². The summed E-state index contributed by atoms with van der Waals surface area (Å²) in [6.07, 6.45) is 1.50. The third-order valence-corrected chi connectivity index (χ3v) is 5.89. The van der Waals surface area contributed by atoms with Crippen molar-refractivity contribution in [3.05, 3.63) is 82.9 Å². The lowest BCUT2D eigenvalue weighted by atomic mass is 10.1. The molecule has 11 heteroatoms. The molecule has 2 aromatic heterocycles. The Balaban J connectivity index is 1.34. The number of fused-ring (bicyclic) bond motifs is 4. The van der Waals surface area contributed by atoms with E-state index in [1.807, 2.05) is 0 Å². The molecular weight excluding hydrogens is 443 g/mol. The first kappa shape index (κ1) is 20.0. The Kier molecular flexibility index (Phi) is 4.21. The van der Waals surface area contributed by atoms with Gasteiger partial charge < -0.3 is 9.32 Å². The number of imidazole rings is 1. The Labute approximate surface area is 191 Å². The van der Waals surface area contributed by atoms with Crippen molar-refractivity contribution in [2.45, 2.75) is 13.1 Å². The zero-order chi connectivity index (χ0) is 23.6. The molecule has 4 aromatic rings. The van der Waals surface area contributed by atoms with Gasteiger partial charge in [0.25, 0.3) is 23.6 Å². The molecule has 10 nitrogen and oxygen atoms in total.